The van der Waals surface area contributed by atoms with Crippen molar-refractivity contribution in [2.45, 2.75) is 59.8 Å². The first-order chi connectivity index (χ1) is 20.4. The summed E-state index contributed by atoms with van der Waals surface area (Å²) in [6.07, 6.45) is 3.44. The molecule has 2 aromatic carbocycles. The van der Waals surface area contributed by atoms with Gasteiger partial charge >= 0.3 is 0 Å². The molecule has 228 valence electrons. The molecule has 3 aromatic rings. The number of aromatic nitrogens is 2. The fourth-order valence-electron chi connectivity index (χ4n) is 5.62. The number of hydrogen-bond acceptors (Lipinski definition) is 8. The van der Waals surface area contributed by atoms with Crippen LogP contribution in [0.3, 0.4) is 0 Å². The fraction of sp³-hybridized carbons (Fsp3) is 0.364. The molecule has 0 aliphatic carbocycles. The summed E-state index contributed by atoms with van der Waals surface area (Å²) < 4.78 is 15.1. The molecular formula is C33H43FN8O. The van der Waals surface area contributed by atoms with Crippen molar-refractivity contribution in [1.29, 1.82) is 0 Å². The van der Waals surface area contributed by atoms with E-state index in [1.54, 1.807) is 23.1 Å². The van der Waals surface area contributed by atoms with Gasteiger partial charge in [0.25, 0.3) is 5.91 Å². The van der Waals surface area contributed by atoms with Crippen LogP contribution < -0.4 is 22.3 Å². The van der Waals surface area contributed by atoms with E-state index in [9.17, 15) is 4.79 Å². The van der Waals surface area contributed by atoms with Crippen LogP contribution in [0, 0.1) is 13.8 Å². The molecule has 10 heteroatoms. The zero-order valence-corrected chi connectivity index (χ0v) is 25.7. The van der Waals surface area contributed by atoms with Crippen LogP contribution in [-0.2, 0) is 13.0 Å². The molecule has 2 aliphatic rings. The highest BCUT2D eigenvalue weighted by molar-refractivity contribution is 5.96. The Morgan fingerprint density at radius 3 is 2.44 bits per heavy atom. The van der Waals surface area contributed by atoms with Gasteiger partial charge in [-0.25, -0.2) is 14.4 Å². The van der Waals surface area contributed by atoms with E-state index in [0.717, 1.165) is 22.5 Å². The molecule has 43 heavy (non-hydrogen) atoms. The van der Waals surface area contributed by atoms with Crippen LogP contribution in [0.2, 0.25) is 0 Å². The second-order valence-corrected chi connectivity index (χ2v) is 11.7. The Kier molecular flexibility index (Phi) is 10.2. The lowest BCUT2D eigenvalue weighted by Gasteiger charge is -2.33. The average molecular weight is 587 g/mol. The van der Waals surface area contributed by atoms with Crippen LogP contribution in [-0.4, -0.2) is 57.5 Å². The van der Waals surface area contributed by atoms with Crippen molar-refractivity contribution >= 4 is 28.9 Å². The van der Waals surface area contributed by atoms with Gasteiger partial charge in [0.05, 0.1) is 29.7 Å². The van der Waals surface area contributed by atoms with E-state index in [4.69, 9.17) is 16.6 Å². The van der Waals surface area contributed by atoms with Crippen molar-refractivity contribution < 1.29 is 9.18 Å². The van der Waals surface area contributed by atoms with Gasteiger partial charge in [-0.2, -0.15) is 0 Å². The fourth-order valence-corrected chi connectivity index (χ4v) is 5.62. The standard InChI is InChI=1S/C26H31FN8O.C7H12/c1-15-7-16(2)9-19(8-15)31-26-30-11-18-12-34(6-5-22(18)32-26)24-14-35(13-20(24)27)25(36)17-3-4-23(33-29)21(28)10-17;1-6(2)5-7(3)4/h3-4,7-11,20,24,33H,5-6,12-14,28-29H2,1-2H3,(H,30,31,32);5H,1H2,2-4H3. The van der Waals surface area contributed by atoms with Gasteiger partial charge in [-0.3, -0.25) is 15.5 Å². The second kappa shape index (κ2) is 13.8. The maximum absolute atomic E-state index is 15.1. The topological polar surface area (TPSA) is 125 Å². The van der Waals surface area contributed by atoms with E-state index < -0.39 is 6.17 Å². The lowest BCUT2D eigenvalue weighted by atomic mass is 10.0. The lowest BCUT2D eigenvalue weighted by Crippen LogP contribution is -2.45. The zero-order chi connectivity index (χ0) is 31.3. The van der Waals surface area contributed by atoms with Crippen molar-refractivity contribution in [1.82, 2.24) is 19.8 Å². The third-order valence-electron chi connectivity index (χ3n) is 7.41. The minimum atomic E-state index is -1.13. The number of aryl methyl sites for hydroxylation is 2. The number of benzene rings is 2. The molecule has 1 saturated heterocycles. The van der Waals surface area contributed by atoms with Crippen LogP contribution in [0.5, 0.6) is 0 Å². The monoisotopic (exact) mass is 586 g/mol. The Morgan fingerprint density at radius 1 is 1.12 bits per heavy atom. The number of carbonyl (C=O) groups excluding carboxylic acids is 1. The normalized spacial score (nSPS) is 17.8. The van der Waals surface area contributed by atoms with Gasteiger partial charge in [-0.15, -0.1) is 0 Å². The number of hydrazine groups is 1. The summed E-state index contributed by atoms with van der Waals surface area (Å²) in [6.45, 7) is 15.5. The van der Waals surface area contributed by atoms with Gasteiger partial charge < -0.3 is 21.4 Å². The molecule has 1 amide bonds. The van der Waals surface area contributed by atoms with Gasteiger partial charge in [-0.1, -0.05) is 29.9 Å². The predicted molar refractivity (Wildman–Crippen MR) is 173 cm³/mol. The van der Waals surface area contributed by atoms with Crippen LogP contribution in [0.15, 0.2) is 66.4 Å². The minimum absolute atomic E-state index is 0.0545. The Morgan fingerprint density at radius 2 is 1.84 bits per heavy atom. The number of likely N-dealkylation sites (tertiary alicyclic amines) is 1. The number of halogens is 1. The number of carbonyl (C=O) groups is 1. The SMILES string of the molecule is C=C(C)C=C(C)C.Cc1cc(C)cc(Nc2ncc3c(n2)CCN(C2CN(C(=O)c4ccc(NN)c(N)c4)CC2F)C3)c1. The first-order valence-corrected chi connectivity index (χ1v) is 14.5. The molecule has 0 saturated carbocycles. The van der Waals surface area contributed by atoms with Gasteiger partial charge in [0.1, 0.15) is 6.17 Å². The van der Waals surface area contributed by atoms with E-state index in [2.05, 4.69) is 79.2 Å². The van der Waals surface area contributed by atoms with Crippen LogP contribution in [0.25, 0.3) is 0 Å². The van der Waals surface area contributed by atoms with Gasteiger partial charge in [0.15, 0.2) is 0 Å². The molecule has 6 N–H and O–H groups in total. The highest BCUT2D eigenvalue weighted by Crippen LogP contribution is 2.28. The number of amides is 1. The van der Waals surface area contributed by atoms with Gasteiger partial charge in [0.2, 0.25) is 5.95 Å². The third kappa shape index (κ3) is 8.18. The molecular weight excluding hydrogens is 543 g/mol. The quantitative estimate of drug-likeness (QED) is 0.130. The van der Waals surface area contributed by atoms with E-state index >= 15 is 4.39 Å². The summed E-state index contributed by atoms with van der Waals surface area (Å²) in [4.78, 5) is 25.9. The van der Waals surface area contributed by atoms with E-state index in [0.29, 0.717) is 48.9 Å². The molecule has 0 radical (unpaired) electrons. The molecule has 2 aliphatic heterocycles. The Bertz CT molecular complexity index is 1500. The Balaban J connectivity index is 0.000000541. The van der Waals surface area contributed by atoms with Crippen molar-refractivity contribution in [3.63, 3.8) is 0 Å². The first-order valence-electron chi connectivity index (χ1n) is 14.5. The number of nitrogens with two attached hydrogens (primary N) is 2. The predicted octanol–water partition coefficient (Wildman–Crippen LogP) is 5.45. The number of anilines is 4. The highest BCUT2D eigenvalue weighted by atomic mass is 19.1. The molecule has 9 nitrogen and oxygen atoms in total. The molecule has 0 bridgehead atoms. The number of nitrogen functional groups attached to an aromatic ring is 2. The van der Waals surface area contributed by atoms with Crippen LogP contribution in [0.4, 0.5) is 27.4 Å². The van der Waals surface area contributed by atoms with Gasteiger partial charge in [-0.05, 0) is 76.1 Å². The first kappa shape index (κ1) is 31.7. The Labute approximate surface area is 253 Å². The Hall–Kier alpha value is -4.28. The van der Waals surface area contributed by atoms with Crippen molar-refractivity contribution in [2.24, 2.45) is 5.84 Å². The summed E-state index contributed by atoms with van der Waals surface area (Å²) in [7, 11) is 0. The number of nitrogens with one attached hydrogen (secondary N) is 2. The summed E-state index contributed by atoms with van der Waals surface area (Å²) in [5.41, 5.74) is 17.4. The molecule has 2 unspecified atom stereocenters. The number of hydrogen-bond donors (Lipinski definition) is 4. The van der Waals surface area contributed by atoms with Crippen LogP contribution >= 0.6 is 0 Å². The van der Waals surface area contributed by atoms with E-state index in [-0.39, 0.29) is 18.5 Å². The minimum Gasteiger partial charge on any atom is -0.397 e. The molecule has 1 fully saturated rings. The number of fused-ring (bicyclic) bond motifs is 1. The summed E-state index contributed by atoms with van der Waals surface area (Å²) in [6, 6.07) is 10.7. The second-order valence-electron chi connectivity index (χ2n) is 11.7. The third-order valence-corrected chi connectivity index (χ3v) is 7.41. The maximum Gasteiger partial charge on any atom is 0.254 e. The van der Waals surface area contributed by atoms with Gasteiger partial charge in [0, 0.05) is 49.1 Å². The smallest absolute Gasteiger partial charge is 0.254 e. The number of allylic oxidation sites excluding steroid dienone is 3. The lowest BCUT2D eigenvalue weighted by molar-refractivity contribution is 0.0773. The average Bonchev–Trinajstić information content (AvgIpc) is 3.32. The molecule has 2 atom stereocenters. The highest BCUT2D eigenvalue weighted by Gasteiger charge is 2.40. The summed E-state index contributed by atoms with van der Waals surface area (Å²) >= 11 is 0. The van der Waals surface area contributed by atoms with Crippen molar-refractivity contribution in [3.8, 4) is 0 Å². The number of rotatable bonds is 6. The van der Waals surface area contributed by atoms with E-state index in [1.165, 1.54) is 16.7 Å². The van der Waals surface area contributed by atoms with Crippen molar-refractivity contribution in [2.75, 3.05) is 36.1 Å². The summed E-state index contributed by atoms with van der Waals surface area (Å²) in [5, 5.41) is 3.29. The molecule has 1 aromatic heterocycles. The van der Waals surface area contributed by atoms with Crippen LogP contribution in [0.1, 0.15) is 53.5 Å². The number of alkyl halides is 1. The van der Waals surface area contributed by atoms with E-state index in [1.807, 2.05) is 13.1 Å². The molecule has 5 rings (SSSR count). The number of nitrogens with zero attached hydrogens (tertiary/aromatic N) is 4. The zero-order valence-electron chi connectivity index (χ0n) is 25.7. The summed E-state index contributed by atoms with van der Waals surface area (Å²) in [5.74, 6) is 5.73. The molecule has 3 heterocycles. The maximum atomic E-state index is 15.1. The van der Waals surface area contributed by atoms with Crippen molar-refractivity contribution in [3.05, 3.63) is 94.3 Å². The molecule has 0 spiro atoms. The largest absolute Gasteiger partial charge is 0.397 e.